The second-order valence-electron chi connectivity index (χ2n) is 7.92. The molecule has 33 heavy (non-hydrogen) atoms. The van der Waals surface area contributed by atoms with E-state index >= 15 is 0 Å². The van der Waals surface area contributed by atoms with E-state index in [4.69, 9.17) is 4.74 Å². The van der Waals surface area contributed by atoms with Gasteiger partial charge in [0.25, 0.3) is 0 Å². The number of rotatable bonds is 7. The van der Waals surface area contributed by atoms with Crippen LogP contribution in [0.2, 0.25) is 0 Å². The molecule has 1 fully saturated rings. The Morgan fingerprint density at radius 1 is 0.939 bits per heavy atom. The molecule has 0 atom stereocenters. The van der Waals surface area contributed by atoms with Crippen LogP contribution in [0.25, 0.3) is 0 Å². The molecular formula is C25H25FN2O4S. The number of ether oxygens (including phenoxy) is 1. The summed E-state index contributed by atoms with van der Waals surface area (Å²) in [5.74, 6) is -0.193. The molecule has 3 aromatic carbocycles. The molecule has 0 unspecified atom stereocenters. The summed E-state index contributed by atoms with van der Waals surface area (Å²) < 4.78 is 45.7. The summed E-state index contributed by atoms with van der Waals surface area (Å²) in [4.78, 5) is 12.7. The quantitative estimate of drug-likeness (QED) is 0.556. The number of nitrogens with zero attached hydrogens (tertiary/aromatic N) is 1. The van der Waals surface area contributed by atoms with E-state index in [1.807, 2.05) is 30.3 Å². The second kappa shape index (κ2) is 10.1. The van der Waals surface area contributed by atoms with Crippen LogP contribution in [0.1, 0.15) is 18.4 Å². The minimum absolute atomic E-state index is 0.0568. The Bertz CT molecular complexity index is 1180. The Labute approximate surface area is 193 Å². The largest absolute Gasteiger partial charge is 0.489 e. The summed E-state index contributed by atoms with van der Waals surface area (Å²) in [5.41, 5.74) is 1.73. The molecule has 1 aliphatic heterocycles. The van der Waals surface area contributed by atoms with E-state index in [0.29, 0.717) is 30.9 Å². The van der Waals surface area contributed by atoms with E-state index in [9.17, 15) is 17.6 Å². The standard InChI is InChI=1S/C25H25FN2O4S/c26-21-6-12-24(13-7-21)33(30,31)28-16-14-20(15-17-28)25(29)27-22-8-10-23(11-9-22)32-18-19-4-2-1-3-5-19/h1-13,20H,14-18H2,(H,27,29). The first-order valence-electron chi connectivity index (χ1n) is 10.8. The van der Waals surface area contributed by atoms with E-state index < -0.39 is 15.8 Å². The van der Waals surface area contributed by atoms with Crippen LogP contribution >= 0.6 is 0 Å². The van der Waals surface area contributed by atoms with Gasteiger partial charge in [-0.2, -0.15) is 4.31 Å². The number of carbonyl (C=O) groups is 1. The topological polar surface area (TPSA) is 75.7 Å². The van der Waals surface area contributed by atoms with E-state index in [2.05, 4.69) is 5.32 Å². The second-order valence-corrected chi connectivity index (χ2v) is 9.86. The first kappa shape index (κ1) is 22.9. The van der Waals surface area contributed by atoms with Crippen LogP contribution in [-0.4, -0.2) is 31.7 Å². The highest BCUT2D eigenvalue weighted by Gasteiger charge is 2.32. The minimum atomic E-state index is -3.70. The van der Waals surface area contributed by atoms with Crippen molar-refractivity contribution < 1.29 is 22.3 Å². The van der Waals surface area contributed by atoms with Gasteiger partial charge in [0, 0.05) is 24.7 Å². The number of halogens is 1. The number of nitrogens with one attached hydrogen (secondary N) is 1. The van der Waals surface area contributed by atoms with Gasteiger partial charge in [0.05, 0.1) is 4.90 Å². The van der Waals surface area contributed by atoms with Crippen molar-refractivity contribution in [2.45, 2.75) is 24.3 Å². The molecule has 4 rings (SSSR count). The zero-order valence-electron chi connectivity index (χ0n) is 18.0. The van der Waals surface area contributed by atoms with Crippen LogP contribution < -0.4 is 10.1 Å². The maximum Gasteiger partial charge on any atom is 0.243 e. The number of hydrogen-bond donors (Lipinski definition) is 1. The van der Waals surface area contributed by atoms with Gasteiger partial charge in [0.2, 0.25) is 15.9 Å². The van der Waals surface area contributed by atoms with Gasteiger partial charge in [-0.15, -0.1) is 0 Å². The Balaban J connectivity index is 1.28. The molecule has 0 aliphatic carbocycles. The van der Waals surface area contributed by atoms with Gasteiger partial charge < -0.3 is 10.1 Å². The maximum absolute atomic E-state index is 13.1. The van der Waals surface area contributed by atoms with Gasteiger partial charge in [0.1, 0.15) is 18.2 Å². The Hall–Kier alpha value is -3.23. The number of anilines is 1. The smallest absolute Gasteiger partial charge is 0.243 e. The monoisotopic (exact) mass is 468 g/mol. The van der Waals surface area contributed by atoms with Crippen molar-refractivity contribution in [2.24, 2.45) is 5.92 Å². The van der Waals surface area contributed by atoms with Crippen molar-refractivity contribution >= 4 is 21.6 Å². The number of benzene rings is 3. The number of sulfonamides is 1. The zero-order chi connectivity index (χ0) is 23.3. The molecule has 1 N–H and O–H groups in total. The van der Waals surface area contributed by atoms with Crippen LogP contribution in [0.15, 0.2) is 83.8 Å². The van der Waals surface area contributed by atoms with Crippen LogP contribution in [0.3, 0.4) is 0 Å². The summed E-state index contributed by atoms with van der Waals surface area (Å²) in [6.07, 6.45) is 0.842. The molecule has 1 saturated heterocycles. The fourth-order valence-electron chi connectivity index (χ4n) is 3.73. The summed E-state index contributed by atoms with van der Waals surface area (Å²) in [5, 5.41) is 2.90. The lowest BCUT2D eigenvalue weighted by atomic mass is 9.97. The average Bonchev–Trinajstić information content (AvgIpc) is 2.84. The lowest BCUT2D eigenvalue weighted by Crippen LogP contribution is -2.41. The lowest BCUT2D eigenvalue weighted by Gasteiger charge is -2.30. The third-order valence-electron chi connectivity index (χ3n) is 5.65. The van der Waals surface area contributed by atoms with Gasteiger partial charge >= 0.3 is 0 Å². The molecule has 1 aliphatic rings. The fraction of sp³-hybridized carbons (Fsp3) is 0.240. The zero-order valence-corrected chi connectivity index (χ0v) is 18.8. The van der Waals surface area contributed by atoms with Gasteiger partial charge in [-0.1, -0.05) is 30.3 Å². The summed E-state index contributed by atoms with van der Waals surface area (Å²) in [6.45, 7) is 0.945. The van der Waals surface area contributed by atoms with Crippen LogP contribution in [0, 0.1) is 11.7 Å². The number of piperidine rings is 1. The van der Waals surface area contributed by atoms with Gasteiger partial charge in [-0.25, -0.2) is 12.8 Å². The summed E-state index contributed by atoms with van der Waals surface area (Å²) in [6, 6.07) is 21.8. The SMILES string of the molecule is O=C(Nc1ccc(OCc2ccccc2)cc1)C1CCN(S(=O)(=O)c2ccc(F)cc2)CC1. The van der Waals surface area contributed by atoms with Gasteiger partial charge in [-0.3, -0.25) is 4.79 Å². The Kier molecular flexibility index (Phi) is 7.05. The third-order valence-corrected chi connectivity index (χ3v) is 7.56. The molecule has 1 amide bonds. The Morgan fingerprint density at radius 2 is 1.58 bits per heavy atom. The van der Waals surface area contributed by atoms with Crippen LogP contribution in [0.5, 0.6) is 5.75 Å². The van der Waals surface area contributed by atoms with Crippen molar-refractivity contribution in [1.82, 2.24) is 4.31 Å². The highest BCUT2D eigenvalue weighted by Crippen LogP contribution is 2.25. The van der Waals surface area contributed by atoms with Gasteiger partial charge in [-0.05, 0) is 66.9 Å². The molecular weight excluding hydrogens is 443 g/mol. The molecule has 0 bridgehead atoms. The van der Waals surface area contributed by atoms with Crippen molar-refractivity contribution in [3.05, 3.63) is 90.2 Å². The number of hydrogen-bond acceptors (Lipinski definition) is 4. The molecule has 3 aromatic rings. The van der Waals surface area contributed by atoms with Crippen molar-refractivity contribution in [2.75, 3.05) is 18.4 Å². The van der Waals surface area contributed by atoms with Gasteiger partial charge in [0.15, 0.2) is 0 Å². The first-order valence-corrected chi connectivity index (χ1v) is 12.2. The number of amides is 1. The van der Waals surface area contributed by atoms with Crippen molar-refractivity contribution in [1.29, 1.82) is 0 Å². The summed E-state index contributed by atoms with van der Waals surface area (Å²) in [7, 11) is -3.70. The Morgan fingerprint density at radius 3 is 2.21 bits per heavy atom. The maximum atomic E-state index is 13.1. The fourth-order valence-corrected chi connectivity index (χ4v) is 5.20. The number of carbonyl (C=O) groups excluding carboxylic acids is 1. The van der Waals surface area contributed by atoms with E-state index in [1.54, 1.807) is 24.3 Å². The molecule has 0 aromatic heterocycles. The molecule has 8 heteroatoms. The minimum Gasteiger partial charge on any atom is -0.489 e. The molecule has 0 spiro atoms. The predicted octanol–water partition coefficient (Wildman–Crippen LogP) is 4.44. The highest BCUT2D eigenvalue weighted by molar-refractivity contribution is 7.89. The molecule has 1 heterocycles. The molecule has 0 radical (unpaired) electrons. The summed E-state index contributed by atoms with van der Waals surface area (Å²) >= 11 is 0. The molecule has 6 nitrogen and oxygen atoms in total. The predicted molar refractivity (Wildman–Crippen MR) is 124 cm³/mol. The van der Waals surface area contributed by atoms with Crippen molar-refractivity contribution in [3.63, 3.8) is 0 Å². The van der Waals surface area contributed by atoms with Crippen LogP contribution in [0.4, 0.5) is 10.1 Å². The lowest BCUT2D eigenvalue weighted by molar-refractivity contribution is -0.120. The van der Waals surface area contributed by atoms with Crippen LogP contribution in [-0.2, 0) is 21.4 Å². The first-order chi connectivity index (χ1) is 15.9. The normalized spacial score (nSPS) is 15.2. The highest BCUT2D eigenvalue weighted by atomic mass is 32.2. The van der Waals surface area contributed by atoms with E-state index in [0.717, 1.165) is 17.7 Å². The van der Waals surface area contributed by atoms with Crippen molar-refractivity contribution in [3.8, 4) is 5.75 Å². The van der Waals surface area contributed by atoms with E-state index in [1.165, 1.54) is 16.4 Å². The average molecular weight is 469 g/mol. The molecule has 0 saturated carbocycles. The van der Waals surface area contributed by atoms with E-state index in [-0.39, 0.29) is 29.8 Å². The third kappa shape index (κ3) is 5.77. The molecule has 172 valence electrons.